The number of benzene rings is 2. The number of hydrazone groups is 1. The summed E-state index contributed by atoms with van der Waals surface area (Å²) in [5.74, 6) is -0.617. The van der Waals surface area contributed by atoms with Gasteiger partial charge in [-0.3, -0.25) is 5.01 Å². The predicted octanol–water partition coefficient (Wildman–Crippen LogP) is 5.76. The summed E-state index contributed by atoms with van der Waals surface area (Å²) in [4.78, 5) is 12.3. The number of esters is 1. The van der Waals surface area contributed by atoms with Gasteiger partial charge >= 0.3 is 5.97 Å². The smallest absolute Gasteiger partial charge is 0.354 e. The van der Waals surface area contributed by atoms with Gasteiger partial charge in [0.05, 0.1) is 23.4 Å². The van der Waals surface area contributed by atoms with Crippen LogP contribution in [-0.4, -0.2) is 18.3 Å². The maximum atomic E-state index is 12.3. The van der Waals surface area contributed by atoms with Crippen LogP contribution in [0.4, 0.5) is 5.69 Å². The third kappa shape index (κ3) is 3.68. The fourth-order valence-electron chi connectivity index (χ4n) is 3.02. The molecule has 0 radical (unpaired) electrons. The molecule has 2 aromatic carbocycles. The number of anilines is 1. The molecule has 7 heteroatoms. The summed E-state index contributed by atoms with van der Waals surface area (Å²) in [6.45, 7) is 4.00. The third-order valence-corrected chi connectivity index (χ3v) is 5.03. The van der Waals surface area contributed by atoms with Crippen molar-refractivity contribution in [1.82, 2.24) is 0 Å². The van der Waals surface area contributed by atoms with E-state index >= 15 is 0 Å². The van der Waals surface area contributed by atoms with Crippen LogP contribution >= 0.6 is 34.8 Å². The Bertz CT molecular complexity index is 852. The molecular formula is C19H17Cl3N2O2. The lowest BCUT2D eigenvalue weighted by Gasteiger charge is -2.27. The van der Waals surface area contributed by atoms with Gasteiger partial charge in [-0.1, -0.05) is 53.9 Å². The molecule has 0 amide bonds. The Balaban J connectivity index is 2.08. The van der Waals surface area contributed by atoms with E-state index in [4.69, 9.17) is 39.5 Å². The Labute approximate surface area is 167 Å². The molecule has 0 aliphatic carbocycles. The second kappa shape index (κ2) is 7.87. The molecule has 1 aliphatic rings. The van der Waals surface area contributed by atoms with E-state index in [0.717, 1.165) is 5.56 Å². The topological polar surface area (TPSA) is 41.9 Å². The first kappa shape index (κ1) is 19.0. The number of carbonyl (C=O) groups is 1. The number of carbonyl (C=O) groups excluding carboxylic acids is 1. The molecule has 0 saturated carbocycles. The molecule has 0 fully saturated rings. The fraction of sp³-hybridized carbons (Fsp3) is 0.263. The number of hydrogen-bond acceptors (Lipinski definition) is 4. The summed E-state index contributed by atoms with van der Waals surface area (Å²) in [5, 5.41) is 7.92. The molecular weight excluding hydrogens is 395 g/mol. The van der Waals surface area contributed by atoms with E-state index in [2.05, 4.69) is 5.10 Å². The van der Waals surface area contributed by atoms with Crippen molar-refractivity contribution in [2.75, 3.05) is 11.6 Å². The van der Waals surface area contributed by atoms with Gasteiger partial charge in [-0.25, -0.2) is 4.79 Å². The van der Waals surface area contributed by atoms with Crippen molar-refractivity contribution in [1.29, 1.82) is 0 Å². The van der Waals surface area contributed by atoms with Gasteiger partial charge in [0.1, 0.15) is 0 Å². The van der Waals surface area contributed by atoms with Crippen molar-refractivity contribution in [2.24, 2.45) is 11.0 Å². The monoisotopic (exact) mass is 410 g/mol. The number of nitrogens with zero attached hydrogens (tertiary/aromatic N) is 2. The normalized spacial score (nSPS) is 19.4. The van der Waals surface area contributed by atoms with E-state index in [1.807, 2.05) is 31.2 Å². The van der Waals surface area contributed by atoms with Gasteiger partial charge in [-0.15, -0.1) is 0 Å². The van der Waals surface area contributed by atoms with Crippen LogP contribution in [0.15, 0.2) is 47.6 Å². The fourth-order valence-corrected chi connectivity index (χ4v) is 3.64. The van der Waals surface area contributed by atoms with E-state index in [0.29, 0.717) is 26.5 Å². The zero-order chi connectivity index (χ0) is 18.8. The molecule has 0 bridgehead atoms. The second-order valence-corrected chi connectivity index (χ2v) is 7.21. The Kier molecular flexibility index (Phi) is 5.76. The minimum Gasteiger partial charge on any atom is -0.461 e. The Morgan fingerprint density at radius 2 is 1.77 bits per heavy atom. The van der Waals surface area contributed by atoms with Gasteiger partial charge in [-0.05, 0) is 42.8 Å². The first-order valence-electron chi connectivity index (χ1n) is 8.17. The van der Waals surface area contributed by atoms with Crippen LogP contribution in [0.2, 0.25) is 15.1 Å². The van der Waals surface area contributed by atoms with Crippen LogP contribution in [0, 0.1) is 5.92 Å². The molecule has 1 heterocycles. The van der Waals surface area contributed by atoms with Crippen LogP contribution in [0.3, 0.4) is 0 Å². The van der Waals surface area contributed by atoms with E-state index in [1.165, 1.54) is 0 Å². The van der Waals surface area contributed by atoms with E-state index in [1.54, 1.807) is 30.1 Å². The zero-order valence-electron chi connectivity index (χ0n) is 14.2. The van der Waals surface area contributed by atoms with Gasteiger partial charge in [0.25, 0.3) is 0 Å². The predicted molar refractivity (Wildman–Crippen MR) is 106 cm³/mol. The minimum atomic E-state index is -0.424. The average Bonchev–Trinajstić information content (AvgIpc) is 2.93. The standard InChI is InChI=1S/C19H17Cl3N2O2/c1-3-26-19(25)17-11(2)18(12-4-6-13(20)7-5-12)24(23-17)16-9-8-14(21)10-15(16)22/h4-11,18H,3H2,1-2H3. The minimum absolute atomic E-state index is 0.193. The number of ether oxygens (including phenoxy) is 1. The molecule has 2 aromatic rings. The van der Waals surface area contributed by atoms with E-state index in [9.17, 15) is 4.79 Å². The highest BCUT2D eigenvalue weighted by Crippen LogP contribution is 2.42. The van der Waals surface area contributed by atoms with Crippen molar-refractivity contribution in [3.8, 4) is 0 Å². The lowest BCUT2D eigenvalue weighted by Crippen LogP contribution is -2.27. The molecule has 2 atom stereocenters. The zero-order valence-corrected chi connectivity index (χ0v) is 16.5. The molecule has 4 nitrogen and oxygen atoms in total. The largest absolute Gasteiger partial charge is 0.461 e. The Morgan fingerprint density at radius 1 is 1.12 bits per heavy atom. The van der Waals surface area contributed by atoms with Crippen molar-refractivity contribution < 1.29 is 9.53 Å². The molecule has 136 valence electrons. The van der Waals surface area contributed by atoms with E-state index in [-0.39, 0.29) is 18.6 Å². The van der Waals surface area contributed by atoms with Crippen LogP contribution in [-0.2, 0) is 9.53 Å². The maximum absolute atomic E-state index is 12.3. The van der Waals surface area contributed by atoms with Crippen molar-refractivity contribution in [3.05, 3.63) is 63.1 Å². The highest BCUT2D eigenvalue weighted by molar-refractivity contribution is 6.39. The highest BCUT2D eigenvalue weighted by Gasteiger charge is 2.40. The van der Waals surface area contributed by atoms with E-state index < -0.39 is 5.97 Å². The van der Waals surface area contributed by atoms with Gasteiger partial charge in [-0.2, -0.15) is 5.10 Å². The van der Waals surface area contributed by atoms with Gasteiger partial charge in [0.15, 0.2) is 5.71 Å². The van der Waals surface area contributed by atoms with Crippen LogP contribution < -0.4 is 5.01 Å². The number of rotatable bonds is 4. The molecule has 0 spiro atoms. The van der Waals surface area contributed by atoms with Gasteiger partial charge in [0.2, 0.25) is 0 Å². The summed E-state index contributed by atoms with van der Waals surface area (Å²) in [5.41, 5.74) is 2.00. The first-order valence-corrected chi connectivity index (χ1v) is 9.31. The quantitative estimate of drug-likeness (QED) is 0.600. The molecule has 26 heavy (non-hydrogen) atoms. The number of hydrogen-bond donors (Lipinski definition) is 0. The first-order chi connectivity index (χ1) is 12.4. The lowest BCUT2D eigenvalue weighted by atomic mass is 9.91. The third-order valence-electron chi connectivity index (χ3n) is 4.24. The summed E-state index contributed by atoms with van der Waals surface area (Å²) >= 11 is 18.4. The van der Waals surface area contributed by atoms with Gasteiger partial charge in [0, 0.05) is 16.0 Å². The Hall–Kier alpha value is -1.75. The van der Waals surface area contributed by atoms with Gasteiger partial charge < -0.3 is 4.74 Å². The summed E-state index contributed by atoms with van der Waals surface area (Å²) in [7, 11) is 0. The molecule has 2 unspecified atom stereocenters. The summed E-state index contributed by atoms with van der Waals surface area (Å²) in [6.07, 6.45) is 0. The Morgan fingerprint density at radius 3 is 2.38 bits per heavy atom. The lowest BCUT2D eigenvalue weighted by molar-refractivity contribution is -0.135. The van der Waals surface area contributed by atoms with Crippen LogP contribution in [0.1, 0.15) is 25.5 Å². The summed E-state index contributed by atoms with van der Waals surface area (Å²) in [6, 6.07) is 12.4. The van der Waals surface area contributed by atoms with Crippen LogP contribution in [0.25, 0.3) is 0 Å². The van der Waals surface area contributed by atoms with Crippen LogP contribution in [0.5, 0.6) is 0 Å². The molecule has 1 aliphatic heterocycles. The molecule has 0 saturated heterocycles. The molecule has 3 rings (SSSR count). The molecule has 0 aromatic heterocycles. The molecule has 0 N–H and O–H groups in total. The number of halogens is 3. The SMILES string of the molecule is CCOC(=O)C1=NN(c2ccc(Cl)cc2Cl)C(c2ccc(Cl)cc2)C1C. The van der Waals surface area contributed by atoms with Crippen molar-refractivity contribution in [2.45, 2.75) is 19.9 Å². The van der Waals surface area contributed by atoms with Crippen molar-refractivity contribution >= 4 is 52.2 Å². The summed E-state index contributed by atoms with van der Waals surface area (Å²) < 4.78 is 5.16. The second-order valence-electron chi connectivity index (χ2n) is 5.93. The average molecular weight is 412 g/mol. The van der Waals surface area contributed by atoms with Crippen molar-refractivity contribution in [3.63, 3.8) is 0 Å². The highest BCUT2D eigenvalue weighted by atomic mass is 35.5. The maximum Gasteiger partial charge on any atom is 0.354 e.